The molecule has 2 amide bonds. The maximum Gasteiger partial charge on any atom is 0.231 e. The molecule has 168 valence electrons. The topological polar surface area (TPSA) is 74.4 Å². The molecule has 3 heterocycles. The number of rotatable bonds is 5. The average molecular weight is 437 g/mol. The van der Waals surface area contributed by atoms with E-state index in [1.165, 1.54) is 5.56 Å². The van der Waals surface area contributed by atoms with Gasteiger partial charge in [-0.2, -0.15) is 0 Å². The van der Waals surface area contributed by atoms with Crippen LogP contribution in [-0.4, -0.2) is 68.2 Å². The fourth-order valence-electron chi connectivity index (χ4n) is 4.39. The number of benzene rings is 2. The molecule has 0 bridgehead atoms. The second kappa shape index (κ2) is 8.80. The van der Waals surface area contributed by atoms with Crippen molar-refractivity contribution in [3.63, 3.8) is 0 Å². The van der Waals surface area contributed by atoms with Gasteiger partial charge in [0.15, 0.2) is 11.5 Å². The van der Waals surface area contributed by atoms with Crippen LogP contribution in [0.5, 0.6) is 11.5 Å². The maximum atomic E-state index is 12.8. The van der Waals surface area contributed by atoms with E-state index in [0.29, 0.717) is 18.0 Å². The Bertz CT molecular complexity index is 1000. The molecule has 5 rings (SSSR count). The zero-order valence-electron chi connectivity index (χ0n) is 18.3. The molecule has 32 heavy (non-hydrogen) atoms. The summed E-state index contributed by atoms with van der Waals surface area (Å²) in [6, 6.07) is 13.4. The molecule has 0 aliphatic carbocycles. The number of hydrogen-bond donors (Lipinski definition) is 1. The van der Waals surface area contributed by atoms with Crippen LogP contribution >= 0.6 is 0 Å². The van der Waals surface area contributed by atoms with Crippen LogP contribution in [0.1, 0.15) is 12.0 Å². The molecule has 2 aromatic carbocycles. The Morgan fingerprint density at radius 3 is 2.56 bits per heavy atom. The highest BCUT2D eigenvalue weighted by molar-refractivity contribution is 6.03. The molecule has 0 spiro atoms. The molecular formula is C24H28N4O4. The van der Waals surface area contributed by atoms with Crippen LogP contribution < -0.4 is 19.7 Å². The van der Waals surface area contributed by atoms with Gasteiger partial charge in [0.25, 0.3) is 0 Å². The number of piperazine rings is 1. The number of amides is 2. The minimum atomic E-state index is -0.391. The van der Waals surface area contributed by atoms with E-state index in [1.807, 2.05) is 18.2 Å². The smallest absolute Gasteiger partial charge is 0.231 e. The largest absolute Gasteiger partial charge is 0.454 e. The van der Waals surface area contributed by atoms with Crippen molar-refractivity contribution < 1.29 is 19.1 Å². The minimum Gasteiger partial charge on any atom is -0.454 e. The van der Waals surface area contributed by atoms with Gasteiger partial charge in [0.05, 0.1) is 5.92 Å². The molecule has 1 unspecified atom stereocenters. The third-order valence-corrected chi connectivity index (χ3v) is 6.39. The number of carbonyl (C=O) groups excluding carboxylic acids is 2. The van der Waals surface area contributed by atoms with Gasteiger partial charge < -0.3 is 24.6 Å². The second-order valence-electron chi connectivity index (χ2n) is 8.71. The molecule has 8 nitrogen and oxygen atoms in total. The van der Waals surface area contributed by atoms with Gasteiger partial charge in [0.2, 0.25) is 18.6 Å². The Labute approximate surface area is 187 Å². The average Bonchev–Trinajstić information content (AvgIpc) is 3.42. The van der Waals surface area contributed by atoms with Crippen LogP contribution in [0.25, 0.3) is 0 Å². The van der Waals surface area contributed by atoms with E-state index >= 15 is 0 Å². The van der Waals surface area contributed by atoms with Crippen LogP contribution in [0.15, 0.2) is 42.5 Å². The van der Waals surface area contributed by atoms with Gasteiger partial charge in [-0.15, -0.1) is 0 Å². The summed E-state index contributed by atoms with van der Waals surface area (Å²) in [5.41, 5.74) is 2.71. The number of nitrogens with one attached hydrogen (secondary N) is 1. The number of fused-ring (bicyclic) bond motifs is 1. The zero-order valence-corrected chi connectivity index (χ0v) is 18.3. The van der Waals surface area contributed by atoms with Crippen molar-refractivity contribution >= 4 is 23.2 Å². The number of likely N-dealkylation sites (N-methyl/N-ethyl adjacent to an activating group) is 1. The van der Waals surface area contributed by atoms with E-state index in [9.17, 15) is 9.59 Å². The first kappa shape index (κ1) is 20.8. The monoisotopic (exact) mass is 436 g/mol. The lowest BCUT2D eigenvalue weighted by Gasteiger charge is -2.32. The Morgan fingerprint density at radius 2 is 1.78 bits per heavy atom. The van der Waals surface area contributed by atoms with Gasteiger partial charge in [0.1, 0.15) is 0 Å². The van der Waals surface area contributed by atoms with E-state index in [2.05, 4.69) is 34.3 Å². The molecule has 1 N–H and O–H groups in total. The van der Waals surface area contributed by atoms with Crippen LogP contribution in [0.4, 0.5) is 11.4 Å². The first-order valence-corrected chi connectivity index (χ1v) is 11.1. The molecule has 3 aliphatic heterocycles. The van der Waals surface area contributed by atoms with Gasteiger partial charge in [-0.1, -0.05) is 12.1 Å². The first-order valence-electron chi connectivity index (χ1n) is 11.1. The predicted molar refractivity (Wildman–Crippen MR) is 121 cm³/mol. The Kier molecular flexibility index (Phi) is 5.71. The molecule has 1 atom stereocenters. The summed E-state index contributed by atoms with van der Waals surface area (Å²) in [4.78, 5) is 31.8. The summed E-state index contributed by atoms with van der Waals surface area (Å²) in [5, 5.41) is 2.97. The van der Waals surface area contributed by atoms with Gasteiger partial charge in [-0.3, -0.25) is 14.5 Å². The van der Waals surface area contributed by atoms with Gasteiger partial charge >= 0.3 is 0 Å². The standard InChI is InChI=1S/C24H28N4O4/c1-26-8-10-27(11-9-26)14-17-2-4-19(5-3-17)25-24(30)18-12-23(29)28(15-18)20-6-7-21-22(13-20)32-16-31-21/h2-7,13,18H,8-12,14-16H2,1H3,(H,25,30). The van der Waals surface area contributed by atoms with Gasteiger partial charge in [-0.05, 0) is 36.9 Å². The summed E-state index contributed by atoms with van der Waals surface area (Å²) in [7, 11) is 2.15. The fraction of sp³-hybridized carbons (Fsp3) is 0.417. The van der Waals surface area contributed by atoms with Crippen molar-refractivity contribution in [1.29, 1.82) is 0 Å². The van der Waals surface area contributed by atoms with Crippen LogP contribution in [-0.2, 0) is 16.1 Å². The SMILES string of the molecule is CN1CCN(Cc2ccc(NC(=O)C3CC(=O)N(c4ccc5c(c4)OCO5)C3)cc2)CC1. The molecular weight excluding hydrogens is 408 g/mol. The molecule has 2 saturated heterocycles. The molecule has 0 aromatic heterocycles. The summed E-state index contributed by atoms with van der Waals surface area (Å²) in [6.07, 6.45) is 0.196. The number of nitrogens with zero attached hydrogens (tertiary/aromatic N) is 3. The fourth-order valence-corrected chi connectivity index (χ4v) is 4.39. The van der Waals surface area contributed by atoms with E-state index in [-0.39, 0.29) is 25.0 Å². The number of carbonyl (C=O) groups is 2. The third-order valence-electron chi connectivity index (χ3n) is 6.39. The highest BCUT2D eigenvalue weighted by atomic mass is 16.7. The molecule has 2 aromatic rings. The lowest BCUT2D eigenvalue weighted by atomic mass is 10.1. The molecule has 0 radical (unpaired) electrons. The van der Waals surface area contributed by atoms with Crippen molar-refractivity contribution in [3.05, 3.63) is 48.0 Å². The quantitative estimate of drug-likeness (QED) is 0.774. The maximum absolute atomic E-state index is 12.8. The van der Waals surface area contributed by atoms with Gasteiger partial charge in [0, 0.05) is 63.1 Å². The Morgan fingerprint density at radius 1 is 1.03 bits per heavy atom. The number of anilines is 2. The summed E-state index contributed by atoms with van der Waals surface area (Å²) in [6.45, 7) is 5.80. The van der Waals surface area contributed by atoms with E-state index in [1.54, 1.807) is 17.0 Å². The van der Waals surface area contributed by atoms with Crippen molar-refractivity contribution in [2.24, 2.45) is 5.92 Å². The lowest BCUT2D eigenvalue weighted by Crippen LogP contribution is -2.43. The van der Waals surface area contributed by atoms with Crippen molar-refractivity contribution in [2.45, 2.75) is 13.0 Å². The molecule has 0 saturated carbocycles. The third kappa shape index (κ3) is 4.42. The summed E-state index contributed by atoms with van der Waals surface area (Å²) >= 11 is 0. The van der Waals surface area contributed by atoms with Crippen molar-refractivity contribution in [1.82, 2.24) is 9.80 Å². The Balaban J connectivity index is 1.17. The molecule has 8 heteroatoms. The second-order valence-corrected chi connectivity index (χ2v) is 8.71. The highest BCUT2D eigenvalue weighted by Crippen LogP contribution is 2.37. The number of hydrogen-bond acceptors (Lipinski definition) is 6. The summed E-state index contributed by atoms with van der Waals surface area (Å²) in [5.74, 6) is 0.712. The molecule has 2 fully saturated rings. The van der Waals surface area contributed by atoms with Crippen molar-refractivity contribution in [3.8, 4) is 11.5 Å². The van der Waals surface area contributed by atoms with Crippen LogP contribution in [0, 0.1) is 5.92 Å². The van der Waals surface area contributed by atoms with E-state index in [4.69, 9.17) is 9.47 Å². The number of ether oxygens (including phenoxy) is 2. The lowest BCUT2D eigenvalue weighted by molar-refractivity contribution is -0.122. The van der Waals surface area contributed by atoms with E-state index < -0.39 is 5.92 Å². The first-order chi connectivity index (χ1) is 15.5. The minimum absolute atomic E-state index is 0.0634. The summed E-state index contributed by atoms with van der Waals surface area (Å²) < 4.78 is 10.7. The van der Waals surface area contributed by atoms with E-state index in [0.717, 1.165) is 44.1 Å². The normalized spacial score (nSPS) is 21.2. The molecule has 3 aliphatic rings. The van der Waals surface area contributed by atoms with Crippen LogP contribution in [0.3, 0.4) is 0 Å². The highest BCUT2D eigenvalue weighted by Gasteiger charge is 2.35. The van der Waals surface area contributed by atoms with Crippen molar-refractivity contribution in [2.75, 3.05) is 56.8 Å². The Hall–Kier alpha value is -3.10. The van der Waals surface area contributed by atoms with Crippen LogP contribution in [0.2, 0.25) is 0 Å². The predicted octanol–water partition coefficient (Wildman–Crippen LogP) is 2.15. The van der Waals surface area contributed by atoms with Gasteiger partial charge in [-0.25, -0.2) is 0 Å². The zero-order chi connectivity index (χ0) is 22.1.